The number of allylic oxidation sites excluding steroid dienone is 2. The van der Waals surface area contributed by atoms with Crippen LogP contribution in [0.4, 0.5) is 5.69 Å². The van der Waals surface area contributed by atoms with Crippen LogP contribution in [0.1, 0.15) is 36.5 Å². The van der Waals surface area contributed by atoms with Gasteiger partial charge in [0.25, 0.3) is 5.91 Å². The predicted molar refractivity (Wildman–Crippen MR) is 141 cm³/mol. The number of benzene rings is 2. The van der Waals surface area contributed by atoms with Crippen molar-refractivity contribution in [2.24, 2.45) is 5.73 Å². The van der Waals surface area contributed by atoms with E-state index in [9.17, 15) is 14.9 Å². The van der Waals surface area contributed by atoms with Gasteiger partial charge >= 0.3 is 5.97 Å². The van der Waals surface area contributed by atoms with Gasteiger partial charge < -0.3 is 30.0 Å². The molecule has 37 heavy (non-hydrogen) atoms. The number of nitrogens with zero attached hydrogens (tertiary/aromatic N) is 1. The minimum absolute atomic E-state index is 0.0731. The number of hydrogen-bond donors (Lipinski definition) is 2. The summed E-state index contributed by atoms with van der Waals surface area (Å²) in [5, 5.41) is 12.6. The van der Waals surface area contributed by atoms with Crippen molar-refractivity contribution in [2.75, 3.05) is 25.6 Å². The number of nitrogens with two attached hydrogens (primary N) is 1. The number of ether oxygens (including phenoxy) is 4. The first-order chi connectivity index (χ1) is 17.6. The fraction of sp³-hybridized carbons (Fsp3) is 0.296. The number of carbonyl (C=O) groups excluding carboxylic acids is 2. The van der Waals surface area contributed by atoms with Crippen LogP contribution >= 0.6 is 15.9 Å². The molecule has 0 radical (unpaired) electrons. The third kappa shape index (κ3) is 6.06. The highest BCUT2D eigenvalue weighted by Gasteiger charge is 2.36. The van der Waals surface area contributed by atoms with Crippen molar-refractivity contribution in [1.29, 1.82) is 5.26 Å². The fourth-order valence-electron chi connectivity index (χ4n) is 4.10. The maximum Gasteiger partial charge on any atom is 0.338 e. The molecule has 194 valence electrons. The van der Waals surface area contributed by atoms with E-state index in [-0.39, 0.29) is 41.9 Å². The lowest BCUT2D eigenvalue weighted by atomic mass is 9.83. The second-order valence-electron chi connectivity index (χ2n) is 8.28. The van der Waals surface area contributed by atoms with Gasteiger partial charge in [-0.2, -0.15) is 5.26 Å². The smallest absolute Gasteiger partial charge is 0.338 e. The van der Waals surface area contributed by atoms with Crippen molar-refractivity contribution in [1.82, 2.24) is 0 Å². The van der Waals surface area contributed by atoms with Crippen LogP contribution in [0.5, 0.6) is 11.5 Å². The number of methoxy groups -OCH3 is 1. The van der Waals surface area contributed by atoms with Crippen LogP contribution < -0.4 is 20.5 Å². The Labute approximate surface area is 224 Å². The molecule has 1 atom stereocenters. The van der Waals surface area contributed by atoms with Gasteiger partial charge in [-0.25, -0.2) is 4.79 Å². The first-order valence-corrected chi connectivity index (χ1v) is 12.2. The molecule has 3 rings (SSSR count). The Bertz CT molecular complexity index is 1320. The molecule has 0 fully saturated rings. The number of nitrogens with one attached hydrogen (secondary N) is 1. The summed E-state index contributed by atoms with van der Waals surface area (Å²) in [5.41, 5.74) is 9.30. The van der Waals surface area contributed by atoms with Gasteiger partial charge in [0.15, 0.2) is 18.1 Å². The van der Waals surface area contributed by atoms with Crippen molar-refractivity contribution in [2.45, 2.75) is 33.6 Å². The molecule has 1 amide bonds. The van der Waals surface area contributed by atoms with Crippen molar-refractivity contribution >= 4 is 33.5 Å². The monoisotopic (exact) mass is 569 g/mol. The van der Waals surface area contributed by atoms with Crippen molar-refractivity contribution in [3.05, 3.63) is 74.3 Å². The molecule has 9 nitrogen and oxygen atoms in total. The molecule has 0 aliphatic carbocycles. The molecule has 0 saturated heterocycles. The van der Waals surface area contributed by atoms with E-state index in [0.29, 0.717) is 17.1 Å². The third-order valence-electron chi connectivity index (χ3n) is 5.74. The second-order valence-corrected chi connectivity index (χ2v) is 9.19. The molecule has 2 aromatic rings. The van der Waals surface area contributed by atoms with E-state index < -0.39 is 11.9 Å². The quantitative estimate of drug-likeness (QED) is 0.435. The Balaban J connectivity index is 1.87. The van der Waals surface area contributed by atoms with Crippen molar-refractivity contribution in [3.8, 4) is 17.6 Å². The molecule has 0 spiro atoms. The second kappa shape index (κ2) is 11.8. The van der Waals surface area contributed by atoms with Gasteiger partial charge in [-0.05, 0) is 68.7 Å². The van der Waals surface area contributed by atoms with Gasteiger partial charge in [-0.15, -0.1) is 0 Å². The zero-order chi connectivity index (χ0) is 27.3. The normalized spacial score (nSPS) is 15.0. The van der Waals surface area contributed by atoms with Crippen LogP contribution in [0.25, 0.3) is 0 Å². The first kappa shape index (κ1) is 27.6. The fourth-order valence-corrected chi connectivity index (χ4v) is 4.78. The number of carbonyl (C=O) groups is 2. The average Bonchev–Trinajstić information content (AvgIpc) is 2.84. The summed E-state index contributed by atoms with van der Waals surface area (Å²) < 4.78 is 22.8. The van der Waals surface area contributed by atoms with E-state index in [0.717, 1.165) is 21.3 Å². The summed E-state index contributed by atoms with van der Waals surface area (Å²) >= 11 is 3.44. The number of nitriles is 1. The first-order valence-electron chi connectivity index (χ1n) is 11.4. The van der Waals surface area contributed by atoms with E-state index in [4.69, 9.17) is 24.7 Å². The summed E-state index contributed by atoms with van der Waals surface area (Å²) in [6.45, 7) is 6.98. The maximum atomic E-state index is 12.7. The highest BCUT2D eigenvalue weighted by molar-refractivity contribution is 9.10. The Morgan fingerprint density at radius 2 is 1.84 bits per heavy atom. The van der Waals surface area contributed by atoms with Crippen molar-refractivity contribution < 1.29 is 28.5 Å². The van der Waals surface area contributed by atoms with E-state index in [1.54, 1.807) is 32.0 Å². The van der Waals surface area contributed by atoms with Gasteiger partial charge in [0.05, 0.1) is 25.2 Å². The van der Waals surface area contributed by atoms with Crippen LogP contribution in [0.2, 0.25) is 0 Å². The minimum atomic E-state index is -0.826. The van der Waals surface area contributed by atoms with E-state index in [1.807, 2.05) is 32.0 Å². The van der Waals surface area contributed by atoms with Gasteiger partial charge in [0.2, 0.25) is 5.88 Å². The Morgan fingerprint density at radius 1 is 1.16 bits per heavy atom. The minimum Gasteiger partial charge on any atom is -0.493 e. The number of rotatable bonds is 8. The molecule has 1 aliphatic rings. The zero-order valence-electron chi connectivity index (χ0n) is 21.2. The summed E-state index contributed by atoms with van der Waals surface area (Å²) in [6.07, 6.45) is 0. The summed E-state index contributed by atoms with van der Waals surface area (Å²) in [5.74, 6) is -1.00. The third-order valence-corrected chi connectivity index (χ3v) is 6.20. The molecule has 0 aromatic heterocycles. The lowest BCUT2D eigenvalue weighted by Gasteiger charge is -2.27. The molecule has 1 unspecified atom stereocenters. The Hall–Kier alpha value is -3.97. The maximum absolute atomic E-state index is 12.7. The van der Waals surface area contributed by atoms with Gasteiger partial charge in [-0.3, -0.25) is 4.79 Å². The molecule has 0 bridgehead atoms. The number of anilines is 1. The number of amides is 1. The van der Waals surface area contributed by atoms with E-state index >= 15 is 0 Å². The number of aryl methyl sites for hydroxylation is 2. The lowest BCUT2D eigenvalue weighted by molar-refractivity contribution is -0.139. The number of esters is 1. The van der Waals surface area contributed by atoms with Crippen LogP contribution in [-0.2, 0) is 19.1 Å². The molecular formula is C27H28BrN3O6. The molecule has 0 saturated carbocycles. The summed E-state index contributed by atoms with van der Waals surface area (Å²) in [7, 11) is 1.45. The van der Waals surface area contributed by atoms with Crippen LogP contribution in [0, 0.1) is 25.2 Å². The highest BCUT2D eigenvalue weighted by Crippen LogP contribution is 2.42. The standard InChI is InChI=1S/C27H28BrN3O6/c1-6-35-27(33)23-16(4)37-26(30)19(12-29)24(23)17-7-8-20(21(11-17)34-5)36-13-22(32)31-25-14(2)9-18(28)10-15(25)3/h7-11,24H,6,13,30H2,1-5H3,(H,31,32). The average molecular weight is 570 g/mol. The largest absolute Gasteiger partial charge is 0.493 e. The van der Waals surface area contributed by atoms with Crippen molar-refractivity contribution in [3.63, 3.8) is 0 Å². The van der Waals surface area contributed by atoms with Gasteiger partial charge in [-0.1, -0.05) is 22.0 Å². The van der Waals surface area contributed by atoms with Crippen LogP contribution in [0.15, 0.2) is 57.6 Å². The molecule has 10 heteroatoms. The zero-order valence-corrected chi connectivity index (χ0v) is 22.8. The highest BCUT2D eigenvalue weighted by atomic mass is 79.9. The number of hydrogen-bond acceptors (Lipinski definition) is 8. The number of halogens is 1. The molecular weight excluding hydrogens is 542 g/mol. The van der Waals surface area contributed by atoms with Gasteiger partial charge in [0.1, 0.15) is 17.4 Å². The molecule has 1 aliphatic heterocycles. The lowest BCUT2D eigenvalue weighted by Crippen LogP contribution is -2.25. The van der Waals surface area contributed by atoms with Crippen LogP contribution in [0.3, 0.4) is 0 Å². The molecule has 2 aromatic carbocycles. The predicted octanol–water partition coefficient (Wildman–Crippen LogP) is 4.74. The summed E-state index contributed by atoms with van der Waals surface area (Å²) in [4.78, 5) is 25.3. The SMILES string of the molecule is CCOC(=O)C1=C(C)OC(N)=C(C#N)C1c1ccc(OCC(=O)Nc2c(C)cc(Br)cc2C)c(OC)c1. The topological polar surface area (TPSA) is 133 Å². The summed E-state index contributed by atoms with van der Waals surface area (Å²) in [6, 6.07) is 10.8. The Morgan fingerprint density at radius 3 is 2.43 bits per heavy atom. The van der Waals surface area contributed by atoms with E-state index in [1.165, 1.54) is 7.11 Å². The van der Waals surface area contributed by atoms with Gasteiger partial charge in [0, 0.05) is 10.2 Å². The Kier molecular flexibility index (Phi) is 8.84. The van der Waals surface area contributed by atoms with Crippen LogP contribution in [-0.4, -0.2) is 32.2 Å². The molecule has 1 heterocycles. The molecule has 3 N–H and O–H groups in total. The van der Waals surface area contributed by atoms with E-state index in [2.05, 4.69) is 21.2 Å².